The third kappa shape index (κ3) is 2.25. The Morgan fingerprint density at radius 2 is 1.89 bits per heavy atom. The molecule has 0 fully saturated rings. The number of rotatable bonds is 2. The number of carbonyl (C=O) groups is 1. The van der Waals surface area contributed by atoms with Crippen molar-refractivity contribution in [3.8, 4) is 11.1 Å². The molecule has 0 spiro atoms. The summed E-state index contributed by atoms with van der Waals surface area (Å²) in [6.07, 6.45) is 0.144. The summed E-state index contributed by atoms with van der Waals surface area (Å²) in [4.78, 5) is 10.8. The number of carbonyl (C=O) groups excluding carboxylic acids is 1. The van der Waals surface area contributed by atoms with Crippen LogP contribution in [0.3, 0.4) is 0 Å². The minimum absolute atomic E-state index is 0.0879. The van der Waals surface area contributed by atoms with Gasteiger partial charge in [-0.25, -0.2) is 0 Å². The summed E-state index contributed by atoms with van der Waals surface area (Å²) in [5.74, 6) is 0. The highest BCUT2D eigenvalue weighted by Crippen LogP contribution is 2.34. The Hall–Kier alpha value is -2.13. The number of aldehydes is 1. The Balaban J connectivity index is 2.01. The minimum atomic E-state index is -0.551. The molecule has 19 heavy (non-hydrogen) atoms. The van der Waals surface area contributed by atoms with Crippen molar-refractivity contribution in [1.82, 2.24) is 0 Å². The van der Waals surface area contributed by atoms with E-state index < -0.39 is 6.23 Å². The molecule has 3 rings (SSSR count). The van der Waals surface area contributed by atoms with Gasteiger partial charge in [0.05, 0.1) is 6.10 Å². The predicted molar refractivity (Wildman–Crippen MR) is 74.9 cm³/mol. The zero-order chi connectivity index (χ0) is 13.2. The van der Waals surface area contributed by atoms with Crippen LogP contribution in [0.15, 0.2) is 48.5 Å². The van der Waals surface area contributed by atoms with Crippen LogP contribution < -0.4 is 5.32 Å². The molecule has 0 bridgehead atoms. The van der Waals surface area contributed by atoms with E-state index in [4.69, 9.17) is 4.74 Å². The van der Waals surface area contributed by atoms with Crippen LogP contribution in [0.2, 0.25) is 0 Å². The summed E-state index contributed by atoms with van der Waals surface area (Å²) in [6, 6.07) is 16.4. The zero-order valence-electron chi connectivity index (χ0n) is 10.7. The third-order valence-electron chi connectivity index (χ3n) is 3.37. The Morgan fingerprint density at radius 3 is 2.63 bits per heavy atom. The van der Waals surface area contributed by atoms with Crippen LogP contribution >= 0.6 is 0 Å². The highest BCUT2D eigenvalue weighted by molar-refractivity contribution is 5.72. The van der Waals surface area contributed by atoms with Gasteiger partial charge in [0.2, 0.25) is 0 Å². The molecule has 0 aliphatic carbocycles. The number of hydrogen-bond acceptors (Lipinski definition) is 3. The van der Waals surface area contributed by atoms with Gasteiger partial charge in [-0.05, 0) is 30.2 Å². The molecule has 0 saturated heterocycles. The first-order chi connectivity index (χ1) is 9.28. The van der Waals surface area contributed by atoms with Crippen molar-refractivity contribution in [2.24, 2.45) is 0 Å². The third-order valence-corrected chi connectivity index (χ3v) is 3.37. The average Bonchev–Trinajstić information content (AvgIpc) is 2.47. The molecule has 2 aromatic rings. The number of nitrogens with one attached hydrogen (secondary N) is 1. The lowest BCUT2D eigenvalue weighted by Gasteiger charge is -2.29. The summed E-state index contributed by atoms with van der Waals surface area (Å²) in [6.45, 7) is 1.96. The first-order valence-corrected chi connectivity index (χ1v) is 6.34. The van der Waals surface area contributed by atoms with Crippen molar-refractivity contribution in [2.75, 3.05) is 5.32 Å². The molecule has 1 aliphatic rings. The molecular formula is C16H15NO2. The van der Waals surface area contributed by atoms with Crippen molar-refractivity contribution in [1.29, 1.82) is 0 Å². The van der Waals surface area contributed by atoms with E-state index in [1.165, 1.54) is 5.56 Å². The van der Waals surface area contributed by atoms with E-state index in [-0.39, 0.29) is 6.10 Å². The number of benzene rings is 2. The van der Waals surface area contributed by atoms with Gasteiger partial charge in [0.1, 0.15) is 0 Å². The summed E-state index contributed by atoms with van der Waals surface area (Å²) in [7, 11) is 0. The fourth-order valence-electron chi connectivity index (χ4n) is 2.39. The maximum Gasteiger partial charge on any atom is 0.185 e. The quantitative estimate of drug-likeness (QED) is 0.834. The van der Waals surface area contributed by atoms with Crippen molar-refractivity contribution < 1.29 is 9.53 Å². The molecule has 2 atom stereocenters. The lowest BCUT2D eigenvalue weighted by molar-refractivity contribution is -0.120. The number of anilines is 1. The average molecular weight is 253 g/mol. The fraction of sp³-hybridized carbons (Fsp3) is 0.188. The molecular weight excluding hydrogens is 238 g/mol. The molecule has 1 N–H and O–H groups in total. The highest BCUT2D eigenvalue weighted by atomic mass is 16.5. The van der Waals surface area contributed by atoms with E-state index in [1.54, 1.807) is 0 Å². The number of ether oxygens (including phenoxy) is 1. The van der Waals surface area contributed by atoms with Crippen LogP contribution in [0.4, 0.5) is 5.69 Å². The number of fused-ring (bicyclic) bond motifs is 1. The largest absolute Gasteiger partial charge is 0.354 e. The fourth-order valence-corrected chi connectivity index (χ4v) is 2.39. The van der Waals surface area contributed by atoms with Gasteiger partial charge in [0.25, 0.3) is 0 Å². The Morgan fingerprint density at radius 1 is 1.11 bits per heavy atom. The van der Waals surface area contributed by atoms with Gasteiger partial charge in [0, 0.05) is 11.3 Å². The molecule has 0 saturated carbocycles. The molecule has 0 radical (unpaired) electrons. The van der Waals surface area contributed by atoms with E-state index >= 15 is 0 Å². The van der Waals surface area contributed by atoms with Crippen LogP contribution in [-0.4, -0.2) is 12.5 Å². The second-order valence-corrected chi connectivity index (χ2v) is 4.65. The Kier molecular flexibility index (Phi) is 3.05. The first-order valence-electron chi connectivity index (χ1n) is 6.34. The van der Waals surface area contributed by atoms with Gasteiger partial charge < -0.3 is 10.1 Å². The van der Waals surface area contributed by atoms with E-state index in [0.717, 1.165) is 23.1 Å². The normalized spacial score (nSPS) is 21.3. The van der Waals surface area contributed by atoms with E-state index in [9.17, 15) is 4.79 Å². The molecule has 0 amide bonds. The SMILES string of the molecule is CC1OC(C=O)Nc2ccc(-c3ccccc3)cc21. The van der Waals surface area contributed by atoms with Gasteiger partial charge >= 0.3 is 0 Å². The molecule has 2 aromatic carbocycles. The molecule has 3 heteroatoms. The highest BCUT2D eigenvalue weighted by Gasteiger charge is 2.23. The Labute approximate surface area is 112 Å². The van der Waals surface area contributed by atoms with Crippen molar-refractivity contribution in [2.45, 2.75) is 19.3 Å². The van der Waals surface area contributed by atoms with Gasteiger partial charge in [-0.3, -0.25) is 4.79 Å². The molecule has 1 heterocycles. The molecule has 96 valence electrons. The Bertz CT molecular complexity index is 595. The van der Waals surface area contributed by atoms with Crippen LogP contribution in [0.1, 0.15) is 18.6 Å². The lowest BCUT2D eigenvalue weighted by Crippen LogP contribution is -2.31. The minimum Gasteiger partial charge on any atom is -0.354 e. The van der Waals surface area contributed by atoms with E-state index in [0.29, 0.717) is 0 Å². The molecule has 2 unspecified atom stereocenters. The summed E-state index contributed by atoms with van der Waals surface area (Å²) >= 11 is 0. The van der Waals surface area contributed by atoms with E-state index in [1.807, 2.05) is 31.2 Å². The van der Waals surface area contributed by atoms with Crippen molar-refractivity contribution >= 4 is 12.0 Å². The van der Waals surface area contributed by atoms with Crippen molar-refractivity contribution in [3.05, 3.63) is 54.1 Å². The standard InChI is InChI=1S/C16H15NO2/c1-11-14-9-13(12-5-3-2-4-6-12)7-8-15(14)17-16(10-18)19-11/h2-11,16-17H,1H3. The lowest BCUT2D eigenvalue weighted by atomic mass is 9.98. The summed E-state index contributed by atoms with van der Waals surface area (Å²) in [5, 5.41) is 3.07. The number of hydrogen-bond donors (Lipinski definition) is 1. The smallest absolute Gasteiger partial charge is 0.185 e. The maximum absolute atomic E-state index is 10.8. The monoisotopic (exact) mass is 253 g/mol. The van der Waals surface area contributed by atoms with Crippen LogP contribution in [0, 0.1) is 0 Å². The summed E-state index contributed by atoms with van der Waals surface area (Å²) < 4.78 is 5.57. The zero-order valence-corrected chi connectivity index (χ0v) is 10.7. The second-order valence-electron chi connectivity index (χ2n) is 4.65. The molecule has 1 aliphatic heterocycles. The van der Waals surface area contributed by atoms with Crippen molar-refractivity contribution in [3.63, 3.8) is 0 Å². The topological polar surface area (TPSA) is 38.3 Å². The van der Waals surface area contributed by atoms with Crippen LogP contribution in [0.5, 0.6) is 0 Å². The first kappa shape index (κ1) is 11.9. The van der Waals surface area contributed by atoms with Gasteiger partial charge in [-0.1, -0.05) is 36.4 Å². The van der Waals surface area contributed by atoms with Crippen LogP contribution in [-0.2, 0) is 9.53 Å². The molecule has 0 aromatic heterocycles. The maximum atomic E-state index is 10.8. The second kappa shape index (κ2) is 4.86. The van der Waals surface area contributed by atoms with Gasteiger partial charge in [-0.15, -0.1) is 0 Å². The van der Waals surface area contributed by atoms with E-state index in [2.05, 4.69) is 29.6 Å². The van der Waals surface area contributed by atoms with Gasteiger partial charge in [-0.2, -0.15) is 0 Å². The predicted octanol–water partition coefficient (Wildman–Crippen LogP) is 3.38. The van der Waals surface area contributed by atoms with Gasteiger partial charge in [0.15, 0.2) is 12.5 Å². The summed E-state index contributed by atoms with van der Waals surface area (Å²) in [5.41, 5.74) is 4.38. The van der Waals surface area contributed by atoms with Crippen LogP contribution in [0.25, 0.3) is 11.1 Å². The molecule has 3 nitrogen and oxygen atoms in total.